The molecule has 1 saturated heterocycles. The molecule has 0 spiro atoms. The van der Waals surface area contributed by atoms with Crippen molar-refractivity contribution in [1.82, 2.24) is 4.98 Å². The van der Waals surface area contributed by atoms with Crippen molar-refractivity contribution in [2.24, 2.45) is 5.92 Å². The van der Waals surface area contributed by atoms with Crippen molar-refractivity contribution in [2.75, 3.05) is 31.7 Å². The lowest BCUT2D eigenvalue weighted by Gasteiger charge is -2.16. The molecule has 6 nitrogen and oxygen atoms in total. The number of ether oxygens (including phenoxy) is 3. The number of nitrogens with zero attached hydrogens (tertiary/aromatic N) is 1. The molecular formula is C20H23ClN2O4. The SMILES string of the molecule is CCOc1nc(C)ccc1C(=O)Nc1cc(Cl)ccc1OCC1CCOC1. The Morgan fingerprint density at radius 3 is 2.93 bits per heavy atom. The maximum Gasteiger partial charge on any atom is 0.261 e. The molecule has 1 unspecified atom stereocenters. The van der Waals surface area contributed by atoms with Gasteiger partial charge in [0, 0.05) is 23.2 Å². The van der Waals surface area contributed by atoms with E-state index in [0.717, 1.165) is 18.7 Å². The van der Waals surface area contributed by atoms with Crippen LogP contribution in [0.4, 0.5) is 5.69 Å². The third-order valence-corrected chi connectivity index (χ3v) is 4.45. The first-order chi connectivity index (χ1) is 13.1. The highest BCUT2D eigenvalue weighted by atomic mass is 35.5. The third kappa shape index (κ3) is 5.11. The van der Waals surface area contributed by atoms with Gasteiger partial charge in [0.2, 0.25) is 5.88 Å². The number of anilines is 1. The number of carbonyl (C=O) groups excluding carboxylic acids is 1. The van der Waals surface area contributed by atoms with Crippen LogP contribution >= 0.6 is 11.6 Å². The van der Waals surface area contributed by atoms with Gasteiger partial charge in [-0.2, -0.15) is 0 Å². The summed E-state index contributed by atoms with van der Waals surface area (Å²) in [6.45, 7) is 6.11. The van der Waals surface area contributed by atoms with Crippen LogP contribution in [0.2, 0.25) is 5.02 Å². The van der Waals surface area contributed by atoms with Crippen molar-refractivity contribution in [1.29, 1.82) is 0 Å². The van der Waals surface area contributed by atoms with Gasteiger partial charge < -0.3 is 19.5 Å². The highest BCUT2D eigenvalue weighted by Gasteiger charge is 2.19. The molecule has 27 heavy (non-hydrogen) atoms. The molecular weight excluding hydrogens is 368 g/mol. The standard InChI is InChI=1S/C20H23ClN2O4/c1-3-26-20-16(6-4-13(2)22-20)19(24)23-17-10-15(21)5-7-18(17)27-12-14-8-9-25-11-14/h4-7,10,14H,3,8-9,11-12H2,1-2H3,(H,23,24). The van der Waals surface area contributed by atoms with Crippen molar-refractivity contribution in [3.63, 3.8) is 0 Å². The Labute approximate surface area is 163 Å². The maximum absolute atomic E-state index is 12.8. The number of aromatic nitrogens is 1. The second kappa shape index (κ2) is 9.06. The van der Waals surface area contributed by atoms with E-state index in [2.05, 4.69) is 10.3 Å². The number of amides is 1. The van der Waals surface area contributed by atoms with Crippen molar-refractivity contribution in [3.8, 4) is 11.6 Å². The van der Waals surface area contributed by atoms with Gasteiger partial charge in [-0.05, 0) is 50.6 Å². The van der Waals surface area contributed by atoms with Crippen molar-refractivity contribution < 1.29 is 19.0 Å². The molecule has 144 valence electrons. The van der Waals surface area contributed by atoms with Crippen LogP contribution in [-0.2, 0) is 4.74 Å². The van der Waals surface area contributed by atoms with Gasteiger partial charge in [-0.15, -0.1) is 0 Å². The monoisotopic (exact) mass is 390 g/mol. The van der Waals surface area contributed by atoms with Crippen LogP contribution in [0.5, 0.6) is 11.6 Å². The molecule has 0 bridgehead atoms. The van der Waals surface area contributed by atoms with Crippen LogP contribution in [0.15, 0.2) is 30.3 Å². The number of rotatable bonds is 7. The molecule has 1 atom stereocenters. The summed E-state index contributed by atoms with van der Waals surface area (Å²) >= 11 is 6.11. The predicted molar refractivity (Wildman–Crippen MR) is 104 cm³/mol. The number of carbonyl (C=O) groups is 1. The minimum atomic E-state index is -0.331. The highest BCUT2D eigenvalue weighted by molar-refractivity contribution is 6.31. The zero-order valence-corrected chi connectivity index (χ0v) is 16.2. The van der Waals surface area contributed by atoms with Crippen LogP contribution in [0.3, 0.4) is 0 Å². The van der Waals surface area contributed by atoms with Gasteiger partial charge in [-0.25, -0.2) is 4.98 Å². The quantitative estimate of drug-likeness (QED) is 0.770. The Morgan fingerprint density at radius 2 is 2.19 bits per heavy atom. The van der Waals surface area contributed by atoms with E-state index in [9.17, 15) is 4.79 Å². The second-order valence-electron chi connectivity index (χ2n) is 6.37. The van der Waals surface area contributed by atoms with E-state index < -0.39 is 0 Å². The summed E-state index contributed by atoms with van der Waals surface area (Å²) in [5.41, 5.74) is 1.65. The molecule has 1 amide bonds. The summed E-state index contributed by atoms with van der Waals surface area (Å²) in [5, 5.41) is 3.37. The zero-order valence-electron chi connectivity index (χ0n) is 15.5. The van der Waals surface area contributed by atoms with Gasteiger partial charge in [-0.3, -0.25) is 4.79 Å². The minimum Gasteiger partial charge on any atom is -0.491 e. The molecule has 1 fully saturated rings. The molecule has 0 radical (unpaired) electrons. The molecule has 1 aromatic heterocycles. The fourth-order valence-electron chi connectivity index (χ4n) is 2.79. The fraction of sp³-hybridized carbons (Fsp3) is 0.400. The van der Waals surface area contributed by atoms with E-state index in [-0.39, 0.29) is 5.91 Å². The lowest BCUT2D eigenvalue weighted by Crippen LogP contribution is -2.17. The van der Waals surface area contributed by atoms with E-state index >= 15 is 0 Å². The number of aryl methyl sites for hydroxylation is 1. The topological polar surface area (TPSA) is 69.7 Å². The summed E-state index contributed by atoms with van der Waals surface area (Å²) in [7, 11) is 0. The molecule has 0 aliphatic carbocycles. The van der Waals surface area contributed by atoms with Crippen LogP contribution in [-0.4, -0.2) is 37.3 Å². The summed E-state index contributed by atoms with van der Waals surface area (Å²) in [5.74, 6) is 0.901. The lowest BCUT2D eigenvalue weighted by atomic mass is 10.1. The van der Waals surface area contributed by atoms with Crippen LogP contribution < -0.4 is 14.8 Å². The smallest absolute Gasteiger partial charge is 0.261 e. The van der Waals surface area contributed by atoms with Gasteiger partial charge in [0.15, 0.2) is 0 Å². The molecule has 0 saturated carbocycles. The molecule has 2 aromatic rings. The lowest BCUT2D eigenvalue weighted by molar-refractivity contribution is 0.102. The first kappa shape index (κ1) is 19.5. The van der Waals surface area contributed by atoms with Crippen molar-refractivity contribution >= 4 is 23.2 Å². The molecule has 1 aliphatic heterocycles. The molecule has 2 heterocycles. The van der Waals surface area contributed by atoms with Crippen LogP contribution in [0.1, 0.15) is 29.4 Å². The van der Waals surface area contributed by atoms with E-state index in [1.807, 2.05) is 13.8 Å². The molecule has 7 heteroatoms. The Hall–Kier alpha value is -2.31. The van der Waals surface area contributed by atoms with E-state index in [1.54, 1.807) is 30.3 Å². The number of halogens is 1. The number of benzene rings is 1. The molecule has 1 N–H and O–H groups in total. The fourth-order valence-corrected chi connectivity index (χ4v) is 2.96. The zero-order chi connectivity index (χ0) is 19.2. The number of hydrogen-bond acceptors (Lipinski definition) is 5. The maximum atomic E-state index is 12.8. The van der Waals surface area contributed by atoms with Crippen molar-refractivity contribution in [2.45, 2.75) is 20.3 Å². The predicted octanol–water partition coefficient (Wildman–Crippen LogP) is 4.11. The first-order valence-corrected chi connectivity index (χ1v) is 9.36. The van der Waals surface area contributed by atoms with Gasteiger partial charge in [0.05, 0.1) is 25.5 Å². The first-order valence-electron chi connectivity index (χ1n) is 8.98. The van der Waals surface area contributed by atoms with E-state index in [0.29, 0.717) is 53.6 Å². The van der Waals surface area contributed by atoms with Gasteiger partial charge in [0.25, 0.3) is 5.91 Å². The summed E-state index contributed by atoms with van der Waals surface area (Å²) in [4.78, 5) is 17.1. The average Bonchev–Trinajstić information content (AvgIpc) is 3.15. The van der Waals surface area contributed by atoms with E-state index in [4.69, 9.17) is 25.8 Å². The minimum absolute atomic E-state index is 0.308. The van der Waals surface area contributed by atoms with Gasteiger partial charge in [-0.1, -0.05) is 11.6 Å². The Bertz CT molecular complexity index is 807. The normalized spacial score (nSPS) is 16.2. The van der Waals surface area contributed by atoms with Gasteiger partial charge in [0.1, 0.15) is 11.3 Å². The molecule has 3 rings (SSSR count). The Balaban J connectivity index is 1.77. The number of pyridine rings is 1. The number of nitrogens with one attached hydrogen (secondary N) is 1. The molecule has 1 aromatic carbocycles. The number of hydrogen-bond donors (Lipinski definition) is 1. The summed E-state index contributed by atoms with van der Waals surface area (Å²) in [6, 6.07) is 8.62. The summed E-state index contributed by atoms with van der Waals surface area (Å²) in [6.07, 6.45) is 0.974. The van der Waals surface area contributed by atoms with Crippen LogP contribution in [0, 0.1) is 12.8 Å². The highest BCUT2D eigenvalue weighted by Crippen LogP contribution is 2.30. The second-order valence-corrected chi connectivity index (χ2v) is 6.81. The Morgan fingerprint density at radius 1 is 1.33 bits per heavy atom. The summed E-state index contributed by atoms with van der Waals surface area (Å²) < 4.78 is 16.8. The van der Waals surface area contributed by atoms with Crippen LogP contribution in [0.25, 0.3) is 0 Å². The molecule has 1 aliphatic rings. The Kier molecular flexibility index (Phi) is 6.53. The largest absolute Gasteiger partial charge is 0.491 e. The van der Waals surface area contributed by atoms with Crippen molar-refractivity contribution in [3.05, 3.63) is 46.6 Å². The third-order valence-electron chi connectivity index (χ3n) is 4.21. The average molecular weight is 391 g/mol. The van der Waals surface area contributed by atoms with Gasteiger partial charge >= 0.3 is 0 Å². The van der Waals surface area contributed by atoms with E-state index in [1.165, 1.54) is 0 Å².